The number of carbonyl (C=O) groups excluding carboxylic acids is 1. The third-order valence-corrected chi connectivity index (χ3v) is 4.70. The summed E-state index contributed by atoms with van der Waals surface area (Å²) in [5.41, 5.74) is 2.15. The summed E-state index contributed by atoms with van der Waals surface area (Å²) in [7, 11) is -3.16. The molecule has 0 atom stereocenters. The van der Waals surface area contributed by atoms with Crippen LogP contribution in [0.5, 0.6) is 0 Å². The van der Waals surface area contributed by atoms with Gasteiger partial charge in [0.05, 0.1) is 4.90 Å². The number of hydrogen-bond donors (Lipinski definition) is 1. The number of nitrogens with one attached hydrogen (secondary N) is 1. The van der Waals surface area contributed by atoms with Crippen LogP contribution >= 0.6 is 0 Å². The molecule has 4 nitrogen and oxygen atoms in total. The molecule has 5 heteroatoms. The monoisotopic (exact) mass is 331 g/mol. The Kier molecular flexibility index (Phi) is 5.93. The Morgan fingerprint density at radius 2 is 1.52 bits per heavy atom. The zero-order valence-corrected chi connectivity index (χ0v) is 14.0. The second kappa shape index (κ2) is 7.92. The second-order valence-electron chi connectivity index (χ2n) is 5.50. The molecule has 0 aliphatic carbocycles. The standard InChI is InChI=1S/C18H21NO3S/c1-23(21,22)17-10-7-16(8-11-17)13-14-19-18(20)12-9-15-5-3-2-4-6-15/h2-8,10-11H,9,12-14H2,1H3,(H,19,20). The quantitative estimate of drug-likeness (QED) is 0.847. The fraction of sp³-hybridized carbons (Fsp3) is 0.278. The lowest BCUT2D eigenvalue weighted by Crippen LogP contribution is -2.25. The van der Waals surface area contributed by atoms with Crippen molar-refractivity contribution >= 4 is 15.7 Å². The van der Waals surface area contributed by atoms with Crippen molar-refractivity contribution < 1.29 is 13.2 Å². The minimum Gasteiger partial charge on any atom is -0.356 e. The minimum absolute atomic E-state index is 0.0293. The number of hydrogen-bond acceptors (Lipinski definition) is 3. The predicted octanol–water partition coefficient (Wildman–Crippen LogP) is 2.38. The Labute approximate surface area is 137 Å². The van der Waals surface area contributed by atoms with Crippen LogP contribution in [0.4, 0.5) is 0 Å². The number of rotatable bonds is 7. The van der Waals surface area contributed by atoms with Crippen molar-refractivity contribution in [3.05, 3.63) is 65.7 Å². The van der Waals surface area contributed by atoms with Crippen LogP contribution < -0.4 is 5.32 Å². The number of amides is 1. The lowest BCUT2D eigenvalue weighted by Gasteiger charge is -2.06. The van der Waals surface area contributed by atoms with E-state index in [2.05, 4.69) is 5.32 Å². The van der Waals surface area contributed by atoms with Crippen LogP contribution in [0.25, 0.3) is 0 Å². The SMILES string of the molecule is CS(=O)(=O)c1ccc(CCNC(=O)CCc2ccccc2)cc1. The summed E-state index contributed by atoms with van der Waals surface area (Å²) in [4.78, 5) is 12.1. The molecule has 0 saturated heterocycles. The maximum atomic E-state index is 11.8. The number of benzene rings is 2. The first-order valence-corrected chi connectivity index (χ1v) is 9.44. The smallest absolute Gasteiger partial charge is 0.220 e. The Balaban J connectivity index is 1.73. The summed E-state index contributed by atoms with van der Waals surface area (Å²) >= 11 is 0. The molecule has 1 amide bonds. The van der Waals surface area contributed by atoms with Crippen molar-refractivity contribution in [2.45, 2.75) is 24.2 Å². The van der Waals surface area contributed by atoms with Gasteiger partial charge in [-0.25, -0.2) is 8.42 Å². The molecule has 0 unspecified atom stereocenters. The molecule has 0 spiro atoms. The highest BCUT2D eigenvalue weighted by Gasteiger charge is 2.06. The maximum Gasteiger partial charge on any atom is 0.220 e. The fourth-order valence-electron chi connectivity index (χ4n) is 2.24. The van der Waals surface area contributed by atoms with E-state index in [0.29, 0.717) is 24.3 Å². The van der Waals surface area contributed by atoms with Crippen LogP contribution in [0.3, 0.4) is 0 Å². The summed E-state index contributed by atoms with van der Waals surface area (Å²) in [6, 6.07) is 16.7. The van der Waals surface area contributed by atoms with Gasteiger partial charge < -0.3 is 5.32 Å². The van der Waals surface area contributed by atoms with E-state index in [4.69, 9.17) is 0 Å². The molecule has 0 fully saturated rings. The molecule has 2 aromatic rings. The molecule has 0 bridgehead atoms. The van der Waals surface area contributed by atoms with Gasteiger partial charge in [0.15, 0.2) is 9.84 Å². The highest BCUT2D eigenvalue weighted by molar-refractivity contribution is 7.90. The van der Waals surface area contributed by atoms with E-state index in [-0.39, 0.29) is 5.91 Å². The third-order valence-electron chi connectivity index (χ3n) is 3.57. The van der Waals surface area contributed by atoms with E-state index in [1.54, 1.807) is 24.3 Å². The normalized spacial score (nSPS) is 11.2. The zero-order valence-electron chi connectivity index (χ0n) is 13.2. The van der Waals surface area contributed by atoms with Crippen LogP contribution in [0.2, 0.25) is 0 Å². The Morgan fingerprint density at radius 1 is 0.913 bits per heavy atom. The van der Waals surface area contributed by atoms with Gasteiger partial charge >= 0.3 is 0 Å². The molecule has 2 rings (SSSR count). The lowest BCUT2D eigenvalue weighted by molar-refractivity contribution is -0.121. The summed E-state index contributed by atoms with van der Waals surface area (Å²) in [5, 5.41) is 2.89. The molecule has 0 heterocycles. The number of aryl methyl sites for hydroxylation is 1. The van der Waals surface area contributed by atoms with E-state index < -0.39 is 9.84 Å². The second-order valence-corrected chi connectivity index (χ2v) is 7.52. The van der Waals surface area contributed by atoms with Crippen molar-refractivity contribution in [2.24, 2.45) is 0 Å². The van der Waals surface area contributed by atoms with Crippen molar-refractivity contribution in [3.8, 4) is 0 Å². The molecular formula is C18H21NO3S. The van der Waals surface area contributed by atoms with Gasteiger partial charge in [-0.3, -0.25) is 4.79 Å². The van der Waals surface area contributed by atoms with E-state index in [1.807, 2.05) is 30.3 Å². The topological polar surface area (TPSA) is 63.2 Å². The lowest BCUT2D eigenvalue weighted by atomic mass is 10.1. The highest BCUT2D eigenvalue weighted by atomic mass is 32.2. The molecule has 0 saturated carbocycles. The summed E-state index contributed by atoms with van der Waals surface area (Å²) in [6.07, 6.45) is 3.07. The van der Waals surface area contributed by atoms with E-state index in [9.17, 15) is 13.2 Å². The summed E-state index contributed by atoms with van der Waals surface area (Å²) in [5.74, 6) is 0.0293. The molecule has 2 aromatic carbocycles. The van der Waals surface area contributed by atoms with Gasteiger partial charge in [0.1, 0.15) is 0 Å². The molecule has 0 aliphatic heterocycles. The molecule has 0 aliphatic rings. The van der Waals surface area contributed by atoms with E-state index in [0.717, 1.165) is 17.5 Å². The van der Waals surface area contributed by atoms with Crippen LogP contribution in [0.15, 0.2) is 59.5 Å². The molecule has 23 heavy (non-hydrogen) atoms. The van der Waals surface area contributed by atoms with Crippen molar-refractivity contribution in [2.75, 3.05) is 12.8 Å². The zero-order chi connectivity index (χ0) is 16.7. The van der Waals surface area contributed by atoms with Gasteiger partial charge in [0.25, 0.3) is 0 Å². The number of sulfone groups is 1. The van der Waals surface area contributed by atoms with Gasteiger partial charge in [0.2, 0.25) is 5.91 Å². The van der Waals surface area contributed by atoms with Crippen LogP contribution in [0.1, 0.15) is 17.5 Å². The minimum atomic E-state index is -3.16. The van der Waals surface area contributed by atoms with Gasteiger partial charge in [-0.05, 0) is 36.1 Å². The first kappa shape index (κ1) is 17.2. The molecule has 1 N–H and O–H groups in total. The largest absolute Gasteiger partial charge is 0.356 e. The van der Waals surface area contributed by atoms with Crippen LogP contribution in [-0.4, -0.2) is 27.1 Å². The number of carbonyl (C=O) groups is 1. The predicted molar refractivity (Wildman–Crippen MR) is 91.0 cm³/mol. The summed E-state index contributed by atoms with van der Waals surface area (Å²) in [6.45, 7) is 0.547. The maximum absolute atomic E-state index is 11.8. The molecule has 122 valence electrons. The van der Waals surface area contributed by atoms with Crippen molar-refractivity contribution in [1.82, 2.24) is 5.32 Å². The van der Waals surface area contributed by atoms with Gasteiger partial charge in [-0.15, -0.1) is 0 Å². The average Bonchev–Trinajstić information content (AvgIpc) is 2.53. The Bertz CT molecular complexity index is 738. The third kappa shape index (κ3) is 5.87. The van der Waals surface area contributed by atoms with Gasteiger partial charge in [0, 0.05) is 19.2 Å². The van der Waals surface area contributed by atoms with Crippen molar-refractivity contribution in [3.63, 3.8) is 0 Å². The van der Waals surface area contributed by atoms with E-state index >= 15 is 0 Å². The molecule has 0 radical (unpaired) electrons. The van der Waals surface area contributed by atoms with Gasteiger partial charge in [-0.2, -0.15) is 0 Å². The van der Waals surface area contributed by atoms with Gasteiger partial charge in [-0.1, -0.05) is 42.5 Å². The highest BCUT2D eigenvalue weighted by Crippen LogP contribution is 2.10. The van der Waals surface area contributed by atoms with Crippen LogP contribution in [0, 0.1) is 0 Å². The first-order chi connectivity index (χ1) is 10.9. The Morgan fingerprint density at radius 3 is 2.13 bits per heavy atom. The fourth-order valence-corrected chi connectivity index (χ4v) is 2.87. The molecular weight excluding hydrogens is 310 g/mol. The van der Waals surface area contributed by atoms with E-state index in [1.165, 1.54) is 6.26 Å². The summed E-state index contributed by atoms with van der Waals surface area (Å²) < 4.78 is 22.8. The molecule has 0 aromatic heterocycles. The Hall–Kier alpha value is -2.14. The van der Waals surface area contributed by atoms with Crippen molar-refractivity contribution in [1.29, 1.82) is 0 Å². The average molecular weight is 331 g/mol. The van der Waals surface area contributed by atoms with Crippen LogP contribution in [-0.2, 0) is 27.5 Å². The first-order valence-electron chi connectivity index (χ1n) is 7.55.